The first-order valence-electron chi connectivity index (χ1n) is 4.39. The van der Waals surface area contributed by atoms with Crippen LogP contribution in [-0.2, 0) is 0 Å². The normalized spacial score (nSPS) is 11.3. The van der Waals surface area contributed by atoms with Gasteiger partial charge in [0.15, 0.2) is 5.78 Å². The zero-order valence-electron chi connectivity index (χ0n) is 8.57. The molecule has 1 aromatic rings. The van der Waals surface area contributed by atoms with E-state index < -0.39 is 0 Å². The Hall–Kier alpha value is -1.48. The molecule has 0 saturated heterocycles. The van der Waals surface area contributed by atoms with Crippen LogP contribution in [0.1, 0.15) is 10.4 Å². The molecule has 0 atom stereocenters. The van der Waals surface area contributed by atoms with Crippen LogP contribution in [0.15, 0.2) is 35.5 Å². The van der Waals surface area contributed by atoms with Crippen LogP contribution < -0.4 is 0 Å². The number of phenols is 1. The van der Waals surface area contributed by atoms with Gasteiger partial charge in [-0.2, -0.15) is 0 Å². The molecule has 0 radical (unpaired) electrons. The van der Waals surface area contributed by atoms with Gasteiger partial charge >= 0.3 is 0 Å². The number of nitrogens with zero attached hydrogens (tertiary/aromatic N) is 1. The SMILES string of the molecule is CN(C)/C(Cl)=C/C(=O)c1ccccc1O. The highest BCUT2D eigenvalue weighted by atomic mass is 35.5. The van der Waals surface area contributed by atoms with Crippen LogP contribution in [-0.4, -0.2) is 29.9 Å². The lowest BCUT2D eigenvalue weighted by Crippen LogP contribution is -2.08. The fraction of sp³-hybridized carbons (Fsp3) is 0.182. The van der Waals surface area contributed by atoms with Crippen molar-refractivity contribution in [2.75, 3.05) is 14.1 Å². The highest BCUT2D eigenvalue weighted by Crippen LogP contribution is 2.18. The summed E-state index contributed by atoms with van der Waals surface area (Å²) in [5, 5.41) is 9.75. The number of phenolic OH excluding ortho intramolecular Hbond substituents is 1. The second kappa shape index (κ2) is 4.84. The quantitative estimate of drug-likeness (QED) is 0.487. The Balaban J connectivity index is 2.97. The highest BCUT2D eigenvalue weighted by molar-refractivity contribution is 6.31. The Morgan fingerprint density at radius 3 is 2.53 bits per heavy atom. The summed E-state index contributed by atoms with van der Waals surface area (Å²) in [7, 11) is 3.47. The molecule has 0 spiro atoms. The van der Waals surface area contributed by atoms with Gasteiger partial charge in [0.2, 0.25) is 0 Å². The van der Waals surface area contributed by atoms with Crippen molar-refractivity contribution in [3.05, 3.63) is 41.1 Å². The Labute approximate surface area is 93.6 Å². The van der Waals surface area contributed by atoms with Crippen LogP contribution in [0.4, 0.5) is 0 Å². The van der Waals surface area contributed by atoms with Gasteiger partial charge in [-0.1, -0.05) is 23.7 Å². The van der Waals surface area contributed by atoms with Crippen molar-refractivity contribution in [1.82, 2.24) is 4.90 Å². The minimum absolute atomic E-state index is 0.0398. The molecular weight excluding hydrogens is 214 g/mol. The number of hydrogen-bond donors (Lipinski definition) is 1. The van der Waals surface area contributed by atoms with E-state index in [1.165, 1.54) is 12.1 Å². The molecule has 1 N–H and O–H groups in total. The van der Waals surface area contributed by atoms with Crippen LogP contribution in [0, 0.1) is 0 Å². The summed E-state index contributed by atoms with van der Waals surface area (Å²) in [5.41, 5.74) is 0.248. The minimum Gasteiger partial charge on any atom is -0.507 e. The summed E-state index contributed by atoms with van der Waals surface area (Å²) in [5.74, 6) is -0.353. The number of aromatic hydroxyl groups is 1. The predicted molar refractivity (Wildman–Crippen MR) is 60.1 cm³/mol. The monoisotopic (exact) mass is 225 g/mol. The van der Waals surface area contributed by atoms with Crippen molar-refractivity contribution in [2.45, 2.75) is 0 Å². The maximum Gasteiger partial charge on any atom is 0.192 e. The lowest BCUT2D eigenvalue weighted by molar-refractivity contribution is 0.104. The van der Waals surface area contributed by atoms with Gasteiger partial charge in [0, 0.05) is 20.2 Å². The molecule has 0 amide bonds. The minimum atomic E-state index is -0.313. The van der Waals surface area contributed by atoms with Gasteiger partial charge in [-0.3, -0.25) is 4.79 Å². The molecule has 0 fully saturated rings. The van der Waals surface area contributed by atoms with Gasteiger partial charge in [-0.05, 0) is 12.1 Å². The Kier molecular flexibility index (Phi) is 3.74. The zero-order chi connectivity index (χ0) is 11.4. The van der Waals surface area contributed by atoms with Crippen LogP contribution in [0.3, 0.4) is 0 Å². The summed E-state index contributed by atoms with van der Waals surface area (Å²) in [6.07, 6.45) is 1.27. The maximum absolute atomic E-state index is 11.6. The van der Waals surface area contributed by atoms with E-state index in [1.807, 2.05) is 0 Å². The molecule has 0 aliphatic heterocycles. The van der Waals surface area contributed by atoms with Crippen molar-refractivity contribution in [3.63, 3.8) is 0 Å². The molecular formula is C11H12ClNO2. The number of benzene rings is 1. The molecule has 1 rings (SSSR count). The Morgan fingerprint density at radius 2 is 2.00 bits per heavy atom. The molecule has 0 bridgehead atoms. The van der Waals surface area contributed by atoms with E-state index in [0.29, 0.717) is 5.16 Å². The zero-order valence-corrected chi connectivity index (χ0v) is 9.32. The summed E-state index contributed by atoms with van der Waals surface area (Å²) >= 11 is 5.80. The fourth-order valence-electron chi connectivity index (χ4n) is 0.997. The van der Waals surface area contributed by atoms with Crippen LogP contribution in [0.2, 0.25) is 0 Å². The molecule has 1 aromatic carbocycles. The molecule has 15 heavy (non-hydrogen) atoms. The first-order chi connectivity index (χ1) is 7.02. The van der Waals surface area contributed by atoms with Crippen LogP contribution in [0.25, 0.3) is 0 Å². The number of halogens is 1. The third kappa shape index (κ3) is 2.99. The number of para-hydroxylation sites is 1. The van der Waals surface area contributed by atoms with E-state index in [-0.39, 0.29) is 17.1 Å². The second-order valence-electron chi connectivity index (χ2n) is 3.24. The standard InChI is InChI=1S/C11H12ClNO2/c1-13(2)11(12)7-10(15)8-5-3-4-6-9(8)14/h3-7,14H,1-2H3/b11-7+. The van der Waals surface area contributed by atoms with Crippen molar-refractivity contribution in [1.29, 1.82) is 0 Å². The van der Waals surface area contributed by atoms with E-state index in [0.717, 1.165) is 0 Å². The number of ketones is 1. The number of carbonyl (C=O) groups excluding carboxylic acids is 1. The molecule has 4 heteroatoms. The molecule has 0 aliphatic carbocycles. The molecule has 80 valence electrons. The second-order valence-corrected chi connectivity index (χ2v) is 3.63. The van der Waals surface area contributed by atoms with Gasteiger partial charge in [-0.15, -0.1) is 0 Å². The van der Waals surface area contributed by atoms with Crippen molar-refractivity contribution < 1.29 is 9.90 Å². The van der Waals surface area contributed by atoms with Gasteiger partial charge in [0.05, 0.1) is 5.56 Å². The highest BCUT2D eigenvalue weighted by Gasteiger charge is 2.08. The fourth-order valence-corrected chi connectivity index (χ4v) is 1.10. The first-order valence-corrected chi connectivity index (χ1v) is 4.77. The number of rotatable bonds is 3. The van der Waals surface area contributed by atoms with Crippen molar-refractivity contribution in [3.8, 4) is 5.75 Å². The average molecular weight is 226 g/mol. The average Bonchev–Trinajstić information content (AvgIpc) is 2.18. The summed E-state index contributed by atoms with van der Waals surface area (Å²) in [4.78, 5) is 13.2. The predicted octanol–water partition coefficient (Wildman–Crippen LogP) is 2.22. The van der Waals surface area contributed by atoms with Crippen LogP contribution in [0.5, 0.6) is 5.75 Å². The topological polar surface area (TPSA) is 40.5 Å². The largest absolute Gasteiger partial charge is 0.507 e. The van der Waals surface area contributed by atoms with E-state index in [9.17, 15) is 9.90 Å². The molecule has 0 aromatic heterocycles. The maximum atomic E-state index is 11.6. The smallest absolute Gasteiger partial charge is 0.192 e. The third-order valence-electron chi connectivity index (χ3n) is 1.85. The van der Waals surface area contributed by atoms with Gasteiger partial charge in [0.1, 0.15) is 10.9 Å². The molecule has 3 nitrogen and oxygen atoms in total. The van der Waals surface area contributed by atoms with Crippen molar-refractivity contribution in [2.24, 2.45) is 0 Å². The lowest BCUT2D eigenvalue weighted by Gasteiger charge is -2.09. The van der Waals surface area contributed by atoms with E-state index in [1.54, 1.807) is 37.2 Å². The van der Waals surface area contributed by atoms with E-state index >= 15 is 0 Å². The van der Waals surface area contributed by atoms with E-state index in [4.69, 9.17) is 11.6 Å². The summed E-state index contributed by atoms with van der Waals surface area (Å²) in [6.45, 7) is 0. The van der Waals surface area contributed by atoms with Gasteiger partial charge in [-0.25, -0.2) is 0 Å². The molecule has 0 aliphatic rings. The van der Waals surface area contributed by atoms with Crippen LogP contribution >= 0.6 is 11.6 Å². The third-order valence-corrected chi connectivity index (χ3v) is 2.29. The molecule has 0 heterocycles. The van der Waals surface area contributed by atoms with Gasteiger partial charge < -0.3 is 10.0 Å². The molecule has 0 unspecified atom stereocenters. The first kappa shape index (κ1) is 11.6. The van der Waals surface area contributed by atoms with Crippen molar-refractivity contribution >= 4 is 17.4 Å². The Morgan fingerprint density at radius 1 is 1.40 bits per heavy atom. The number of hydrogen-bond acceptors (Lipinski definition) is 3. The number of allylic oxidation sites excluding steroid dienone is 1. The Bertz CT molecular complexity index is 399. The van der Waals surface area contributed by atoms with E-state index in [2.05, 4.69) is 0 Å². The summed E-state index contributed by atoms with van der Waals surface area (Å²) < 4.78 is 0. The molecule has 0 saturated carbocycles. The summed E-state index contributed by atoms with van der Waals surface area (Å²) in [6, 6.07) is 6.35. The van der Waals surface area contributed by atoms with Gasteiger partial charge in [0.25, 0.3) is 0 Å². The number of carbonyl (C=O) groups is 1. The lowest BCUT2D eigenvalue weighted by atomic mass is 10.1.